The van der Waals surface area contributed by atoms with Gasteiger partial charge in [0.2, 0.25) is 0 Å². The van der Waals surface area contributed by atoms with Gasteiger partial charge in [-0.15, -0.1) is 0 Å². The fourth-order valence-corrected chi connectivity index (χ4v) is 3.62. The van der Waals surface area contributed by atoms with Gasteiger partial charge in [-0.3, -0.25) is 0 Å². The number of imidazole rings is 1. The molecule has 4 nitrogen and oxygen atoms in total. The number of rotatable bonds is 4. The number of benzene rings is 1. The molecule has 3 rings (SSSR count). The Morgan fingerprint density at radius 3 is 2.71 bits per heavy atom. The summed E-state index contributed by atoms with van der Waals surface area (Å²) in [6.45, 7) is 4.47. The molecular weight excluding hydrogens is 264 g/mol. The van der Waals surface area contributed by atoms with Gasteiger partial charge in [0, 0.05) is 12.0 Å². The molecule has 4 heteroatoms. The topological polar surface area (TPSA) is 55.1 Å². The standard InChI is InChI=1S/C17H22N2O2/c1-3-6-15-18-13-11-12(16(20)21)7-8-14(13)19(15)17(2)9-4-5-10-17/h7-8,11H,3-6,9-10H2,1-2H3,(H,20,21). The lowest BCUT2D eigenvalue weighted by Gasteiger charge is -2.29. The number of aromatic nitrogens is 2. The van der Waals surface area contributed by atoms with E-state index in [-0.39, 0.29) is 5.54 Å². The molecule has 1 aliphatic rings. The van der Waals surface area contributed by atoms with E-state index in [1.807, 2.05) is 6.07 Å². The molecule has 1 aromatic carbocycles. The van der Waals surface area contributed by atoms with Crippen LogP contribution in [-0.2, 0) is 12.0 Å². The molecule has 0 radical (unpaired) electrons. The molecule has 0 bridgehead atoms. The van der Waals surface area contributed by atoms with Crippen molar-refractivity contribution in [3.63, 3.8) is 0 Å². The zero-order chi connectivity index (χ0) is 15.0. The van der Waals surface area contributed by atoms with Gasteiger partial charge in [0.05, 0.1) is 16.6 Å². The van der Waals surface area contributed by atoms with Gasteiger partial charge in [-0.2, -0.15) is 0 Å². The lowest BCUT2D eigenvalue weighted by atomic mass is 9.99. The van der Waals surface area contributed by atoms with Crippen molar-refractivity contribution >= 4 is 17.0 Å². The molecular formula is C17H22N2O2. The van der Waals surface area contributed by atoms with Crippen LogP contribution < -0.4 is 0 Å². The number of nitrogens with zero attached hydrogens (tertiary/aromatic N) is 2. The maximum Gasteiger partial charge on any atom is 0.335 e. The minimum absolute atomic E-state index is 0.129. The summed E-state index contributed by atoms with van der Waals surface area (Å²) in [6, 6.07) is 5.32. The molecule has 0 aliphatic heterocycles. The van der Waals surface area contributed by atoms with Crippen LogP contribution in [-0.4, -0.2) is 20.6 Å². The lowest BCUT2D eigenvalue weighted by molar-refractivity contribution is 0.0697. The molecule has 2 aromatic rings. The van der Waals surface area contributed by atoms with Crippen molar-refractivity contribution in [2.75, 3.05) is 0 Å². The van der Waals surface area contributed by atoms with Gasteiger partial charge in [-0.05, 0) is 44.4 Å². The summed E-state index contributed by atoms with van der Waals surface area (Å²) in [7, 11) is 0. The predicted molar refractivity (Wildman–Crippen MR) is 82.8 cm³/mol. The van der Waals surface area contributed by atoms with Crippen molar-refractivity contribution < 1.29 is 9.90 Å². The normalized spacial score (nSPS) is 17.4. The van der Waals surface area contributed by atoms with Crippen molar-refractivity contribution in [1.29, 1.82) is 0 Å². The maximum absolute atomic E-state index is 11.1. The number of carbonyl (C=O) groups is 1. The summed E-state index contributed by atoms with van der Waals surface area (Å²) in [5.74, 6) is 0.204. The second-order valence-electron chi connectivity index (χ2n) is 6.33. The third-order valence-corrected chi connectivity index (χ3v) is 4.67. The molecule has 1 N–H and O–H groups in total. The first-order chi connectivity index (χ1) is 10.0. The van der Waals surface area contributed by atoms with Gasteiger partial charge < -0.3 is 9.67 Å². The van der Waals surface area contributed by atoms with Crippen molar-refractivity contribution in [2.45, 2.75) is 57.9 Å². The first kappa shape index (κ1) is 14.1. The Labute approximate surface area is 124 Å². The first-order valence-corrected chi connectivity index (χ1v) is 7.80. The quantitative estimate of drug-likeness (QED) is 0.925. The Kier molecular flexibility index (Phi) is 3.47. The van der Waals surface area contributed by atoms with Crippen LogP contribution in [0, 0.1) is 0 Å². The molecule has 112 valence electrons. The molecule has 0 unspecified atom stereocenters. The van der Waals surface area contributed by atoms with E-state index in [1.165, 1.54) is 25.7 Å². The van der Waals surface area contributed by atoms with Crippen molar-refractivity contribution in [3.8, 4) is 0 Å². The van der Waals surface area contributed by atoms with E-state index < -0.39 is 5.97 Å². The number of carboxylic acid groups (broad SMARTS) is 1. The molecule has 1 fully saturated rings. The smallest absolute Gasteiger partial charge is 0.335 e. The monoisotopic (exact) mass is 286 g/mol. The van der Waals surface area contributed by atoms with Crippen LogP contribution in [0.5, 0.6) is 0 Å². The third-order valence-electron chi connectivity index (χ3n) is 4.67. The van der Waals surface area contributed by atoms with Gasteiger partial charge in [-0.1, -0.05) is 19.8 Å². The first-order valence-electron chi connectivity index (χ1n) is 7.80. The van der Waals surface area contributed by atoms with E-state index in [0.29, 0.717) is 5.56 Å². The SMILES string of the molecule is CCCc1nc2cc(C(=O)O)ccc2n1C1(C)CCCC1. The third kappa shape index (κ3) is 2.33. The van der Waals surface area contributed by atoms with Gasteiger partial charge in [-0.25, -0.2) is 9.78 Å². The van der Waals surface area contributed by atoms with Crippen molar-refractivity contribution in [1.82, 2.24) is 9.55 Å². The predicted octanol–water partition coefficient (Wildman–Crippen LogP) is 3.98. The highest BCUT2D eigenvalue weighted by Crippen LogP contribution is 2.39. The Hall–Kier alpha value is -1.84. The maximum atomic E-state index is 11.1. The lowest BCUT2D eigenvalue weighted by Crippen LogP contribution is -2.28. The van der Waals surface area contributed by atoms with Gasteiger partial charge in [0.1, 0.15) is 5.82 Å². The molecule has 1 aliphatic carbocycles. The highest BCUT2D eigenvalue weighted by Gasteiger charge is 2.33. The van der Waals surface area contributed by atoms with E-state index in [9.17, 15) is 4.79 Å². The minimum Gasteiger partial charge on any atom is -0.478 e. The largest absolute Gasteiger partial charge is 0.478 e. The van der Waals surface area contributed by atoms with Gasteiger partial charge in [0.15, 0.2) is 0 Å². The summed E-state index contributed by atoms with van der Waals surface area (Å²) in [4.78, 5) is 15.9. The Balaban J connectivity index is 2.20. The van der Waals surface area contributed by atoms with Gasteiger partial charge in [0.25, 0.3) is 0 Å². The van der Waals surface area contributed by atoms with Crippen LogP contribution in [0.15, 0.2) is 18.2 Å². The van der Waals surface area contributed by atoms with Crippen LogP contribution in [0.25, 0.3) is 11.0 Å². The molecule has 0 spiro atoms. The summed E-state index contributed by atoms with van der Waals surface area (Å²) in [5.41, 5.74) is 2.33. The van der Waals surface area contributed by atoms with Crippen LogP contribution in [0.4, 0.5) is 0 Å². The van der Waals surface area contributed by atoms with E-state index in [0.717, 1.165) is 29.7 Å². The van der Waals surface area contributed by atoms with Crippen molar-refractivity contribution in [3.05, 3.63) is 29.6 Å². The van der Waals surface area contributed by atoms with Gasteiger partial charge >= 0.3 is 5.97 Å². The van der Waals surface area contributed by atoms with E-state index in [2.05, 4.69) is 18.4 Å². The second-order valence-corrected chi connectivity index (χ2v) is 6.33. The van der Waals surface area contributed by atoms with Crippen LogP contribution in [0.2, 0.25) is 0 Å². The summed E-state index contributed by atoms with van der Waals surface area (Å²) >= 11 is 0. The highest BCUT2D eigenvalue weighted by atomic mass is 16.4. The van der Waals surface area contributed by atoms with Crippen LogP contribution in [0.1, 0.15) is 62.1 Å². The number of hydrogen-bond donors (Lipinski definition) is 1. The van der Waals surface area contributed by atoms with Crippen LogP contribution >= 0.6 is 0 Å². The zero-order valence-corrected chi connectivity index (χ0v) is 12.7. The van der Waals surface area contributed by atoms with Crippen LogP contribution in [0.3, 0.4) is 0 Å². The van der Waals surface area contributed by atoms with E-state index >= 15 is 0 Å². The minimum atomic E-state index is -0.893. The fourth-order valence-electron chi connectivity index (χ4n) is 3.62. The second kappa shape index (κ2) is 5.17. The fraction of sp³-hybridized carbons (Fsp3) is 0.529. The molecule has 21 heavy (non-hydrogen) atoms. The molecule has 0 atom stereocenters. The molecule has 0 amide bonds. The number of fused-ring (bicyclic) bond motifs is 1. The number of aromatic carboxylic acids is 1. The molecule has 1 aromatic heterocycles. The summed E-state index contributed by atoms with van der Waals surface area (Å²) < 4.78 is 2.38. The average molecular weight is 286 g/mol. The van der Waals surface area contributed by atoms with Crippen molar-refractivity contribution in [2.24, 2.45) is 0 Å². The van der Waals surface area contributed by atoms with E-state index in [4.69, 9.17) is 10.1 Å². The summed E-state index contributed by atoms with van der Waals surface area (Å²) in [5, 5.41) is 9.15. The Morgan fingerprint density at radius 1 is 1.38 bits per heavy atom. The molecule has 0 saturated heterocycles. The molecule has 1 saturated carbocycles. The molecule has 1 heterocycles. The van der Waals surface area contributed by atoms with E-state index in [1.54, 1.807) is 12.1 Å². The Bertz CT molecular complexity index is 681. The summed E-state index contributed by atoms with van der Waals surface area (Å²) in [6.07, 6.45) is 6.85. The highest BCUT2D eigenvalue weighted by molar-refractivity contribution is 5.92. The average Bonchev–Trinajstić information content (AvgIpc) is 3.02. The Morgan fingerprint density at radius 2 is 2.10 bits per heavy atom. The zero-order valence-electron chi connectivity index (χ0n) is 12.7. The number of carboxylic acids is 1. The number of hydrogen-bond acceptors (Lipinski definition) is 2. The number of aryl methyl sites for hydroxylation is 1.